The van der Waals surface area contributed by atoms with E-state index in [4.69, 9.17) is 0 Å². The van der Waals surface area contributed by atoms with Crippen molar-refractivity contribution in [3.63, 3.8) is 0 Å². The minimum atomic E-state index is -0.392. The second-order valence-electron chi connectivity index (χ2n) is 5.00. The highest BCUT2D eigenvalue weighted by molar-refractivity contribution is 7.14. The number of rotatable bonds is 6. The molecule has 0 saturated carbocycles. The van der Waals surface area contributed by atoms with Crippen molar-refractivity contribution < 1.29 is 9.59 Å². The summed E-state index contributed by atoms with van der Waals surface area (Å²) >= 11 is 1.25. The third kappa shape index (κ3) is 4.88. The van der Waals surface area contributed by atoms with Crippen LogP contribution in [0.4, 0.5) is 5.13 Å². The van der Waals surface area contributed by atoms with Gasteiger partial charge in [-0.05, 0) is 17.7 Å². The molecule has 0 unspecified atom stereocenters. The van der Waals surface area contributed by atoms with E-state index in [0.29, 0.717) is 17.4 Å². The Bertz CT molecular complexity index is 853. The highest BCUT2D eigenvalue weighted by atomic mass is 32.1. The van der Waals surface area contributed by atoms with E-state index in [9.17, 15) is 9.59 Å². The average Bonchev–Trinajstić information content (AvgIpc) is 3.08. The predicted octanol–water partition coefficient (Wildman–Crippen LogP) is 1.44. The van der Waals surface area contributed by atoms with Crippen LogP contribution < -0.4 is 10.6 Å². The van der Waals surface area contributed by atoms with Gasteiger partial charge < -0.3 is 5.32 Å². The van der Waals surface area contributed by atoms with Gasteiger partial charge in [0.15, 0.2) is 5.13 Å². The first-order chi connectivity index (χ1) is 12.2. The normalized spacial score (nSPS) is 10.2. The first kappa shape index (κ1) is 16.7. The number of nitrogens with one attached hydrogen (secondary N) is 2. The summed E-state index contributed by atoms with van der Waals surface area (Å²) in [6, 6.07) is 3.67. The van der Waals surface area contributed by atoms with Gasteiger partial charge in [-0.15, -0.1) is 11.3 Å². The van der Waals surface area contributed by atoms with Crippen molar-refractivity contribution in [3.8, 4) is 0 Å². The summed E-state index contributed by atoms with van der Waals surface area (Å²) in [5, 5.41) is 7.60. The molecule has 2 amide bonds. The lowest BCUT2D eigenvalue weighted by atomic mass is 10.2. The molecule has 0 aliphatic rings. The molecule has 0 aromatic carbocycles. The fourth-order valence-electron chi connectivity index (χ4n) is 1.95. The molecule has 0 radical (unpaired) electrons. The number of hydrogen-bond donors (Lipinski definition) is 2. The quantitative estimate of drug-likeness (QED) is 0.693. The number of amides is 2. The molecular weight excluding hydrogens is 340 g/mol. The smallest absolute Gasteiger partial charge is 0.277 e. The second-order valence-corrected chi connectivity index (χ2v) is 5.86. The van der Waals surface area contributed by atoms with E-state index in [-0.39, 0.29) is 18.0 Å². The average molecular weight is 354 g/mol. The van der Waals surface area contributed by atoms with Gasteiger partial charge in [-0.1, -0.05) is 0 Å². The zero-order valence-electron chi connectivity index (χ0n) is 13.0. The van der Waals surface area contributed by atoms with Gasteiger partial charge in [0.05, 0.1) is 18.3 Å². The van der Waals surface area contributed by atoms with Crippen LogP contribution in [0.5, 0.6) is 0 Å². The molecule has 0 spiro atoms. The maximum atomic E-state index is 12.0. The summed E-state index contributed by atoms with van der Waals surface area (Å²) in [5.41, 5.74) is 1.76. The fourth-order valence-corrected chi connectivity index (χ4v) is 2.66. The van der Waals surface area contributed by atoms with Gasteiger partial charge in [0, 0.05) is 36.7 Å². The Kier molecular flexibility index (Phi) is 5.37. The summed E-state index contributed by atoms with van der Waals surface area (Å²) in [6.07, 6.45) is 7.79. The van der Waals surface area contributed by atoms with Gasteiger partial charge in [0.25, 0.3) is 5.91 Å². The largest absolute Gasteiger partial charge is 0.352 e. The summed E-state index contributed by atoms with van der Waals surface area (Å²) in [5.74, 6) is -0.537. The standard InChI is InChI=1S/C16H14N6O2S/c23-14(20-8-11-1-3-17-4-2-11)7-12-10-25-16(21-12)22-15(24)13-9-18-5-6-19-13/h1-6,9-10H,7-8H2,(H,20,23)(H,21,22,24). The van der Waals surface area contributed by atoms with Gasteiger partial charge in [0.1, 0.15) is 5.69 Å². The summed E-state index contributed by atoms with van der Waals surface area (Å²) in [7, 11) is 0. The topological polar surface area (TPSA) is 110 Å². The zero-order chi connectivity index (χ0) is 17.5. The number of aromatic nitrogens is 4. The lowest BCUT2D eigenvalue weighted by Gasteiger charge is -2.03. The number of carbonyl (C=O) groups is 2. The van der Waals surface area contributed by atoms with Crippen LogP contribution in [0, 0.1) is 0 Å². The Labute approximate surface area is 147 Å². The first-order valence-corrected chi connectivity index (χ1v) is 8.26. The minimum absolute atomic E-state index is 0.141. The molecule has 3 aromatic rings. The highest BCUT2D eigenvalue weighted by Crippen LogP contribution is 2.16. The molecule has 8 nitrogen and oxygen atoms in total. The maximum absolute atomic E-state index is 12.0. The Morgan fingerprint density at radius 3 is 2.68 bits per heavy atom. The Balaban J connectivity index is 1.51. The second kappa shape index (κ2) is 8.06. The zero-order valence-corrected chi connectivity index (χ0v) is 13.9. The van der Waals surface area contributed by atoms with Gasteiger partial charge in [-0.2, -0.15) is 0 Å². The van der Waals surface area contributed by atoms with E-state index in [0.717, 1.165) is 5.56 Å². The van der Waals surface area contributed by atoms with E-state index in [2.05, 4.69) is 30.6 Å². The van der Waals surface area contributed by atoms with Crippen LogP contribution in [0.15, 0.2) is 48.5 Å². The van der Waals surface area contributed by atoms with Crippen LogP contribution in [-0.2, 0) is 17.8 Å². The van der Waals surface area contributed by atoms with Crippen LogP contribution in [-0.4, -0.2) is 31.8 Å². The highest BCUT2D eigenvalue weighted by Gasteiger charge is 2.12. The molecule has 0 saturated heterocycles. The molecule has 0 aliphatic carbocycles. The van der Waals surface area contributed by atoms with Gasteiger partial charge in [0.2, 0.25) is 5.91 Å². The van der Waals surface area contributed by atoms with Crippen molar-refractivity contribution in [2.75, 3.05) is 5.32 Å². The number of thiazole rings is 1. The fraction of sp³-hybridized carbons (Fsp3) is 0.125. The summed E-state index contributed by atoms with van der Waals surface area (Å²) in [6.45, 7) is 0.432. The van der Waals surface area contributed by atoms with Crippen LogP contribution in [0.3, 0.4) is 0 Å². The Hall–Kier alpha value is -3.20. The summed E-state index contributed by atoms with van der Waals surface area (Å²) in [4.78, 5) is 39.9. The predicted molar refractivity (Wildman–Crippen MR) is 91.9 cm³/mol. The molecule has 3 rings (SSSR count). The maximum Gasteiger partial charge on any atom is 0.277 e. The molecule has 0 atom stereocenters. The number of carbonyl (C=O) groups excluding carboxylic acids is 2. The van der Waals surface area contributed by atoms with E-state index >= 15 is 0 Å². The van der Waals surface area contributed by atoms with Crippen molar-refractivity contribution in [1.29, 1.82) is 0 Å². The number of anilines is 1. The molecule has 9 heteroatoms. The third-order valence-corrected chi connectivity index (χ3v) is 3.96. The van der Waals surface area contributed by atoms with E-state index in [1.54, 1.807) is 17.8 Å². The van der Waals surface area contributed by atoms with Crippen molar-refractivity contribution in [3.05, 3.63) is 65.4 Å². The molecule has 0 fully saturated rings. The lowest BCUT2D eigenvalue weighted by molar-refractivity contribution is -0.120. The summed E-state index contributed by atoms with van der Waals surface area (Å²) < 4.78 is 0. The molecule has 2 N–H and O–H groups in total. The third-order valence-electron chi connectivity index (χ3n) is 3.15. The molecule has 0 bridgehead atoms. The Morgan fingerprint density at radius 1 is 1.08 bits per heavy atom. The van der Waals surface area contributed by atoms with Crippen molar-refractivity contribution in [2.45, 2.75) is 13.0 Å². The van der Waals surface area contributed by atoms with Gasteiger partial charge >= 0.3 is 0 Å². The van der Waals surface area contributed by atoms with Crippen molar-refractivity contribution in [2.24, 2.45) is 0 Å². The number of pyridine rings is 1. The van der Waals surface area contributed by atoms with Gasteiger partial charge in [-0.3, -0.25) is 24.9 Å². The minimum Gasteiger partial charge on any atom is -0.352 e. The molecule has 0 aliphatic heterocycles. The number of nitrogens with zero attached hydrogens (tertiary/aromatic N) is 4. The molecular formula is C16H14N6O2S. The lowest BCUT2D eigenvalue weighted by Crippen LogP contribution is -2.24. The molecule has 126 valence electrons. The van der Waals surface area contributed by atoms with Crippen LogP contribution in [0.1, 0.15) is 21.7 Å². The molecule has 3 heterocycles. The van der Waals surface area contributed by atoms with E-state index in [1.165, 1.54) is 29.9 Å². The van der Waals surface area contributed by atoms with E-state index in [1.807, 2.05) is 12.1 Å². The molecule has 25 heavy (non-hydrogen) atoms. The first-order valence-electron chi connectivity index (χ1n) is 7.38. The Morgan fingerprint density at radius 2 is 1.92 bits per heavy atom. The number of hydrogen-bond acceptors (Lipinski definition) is 7. The van der Waals surface area contributed by atoms with Crippen LogP contribution in [0.2, 0.25) is 0 Å². The molecule has 3 aromatic heterocycles. The SMILES string of the molecule is O=C(Cc1csc(NC(=O)c2cnccn2)n1)NCc1ccncc1. The van der Waals surface area contributed by atoms with Crippen molar-refractivity contribution in [1.82, 2.24) is 25.3 Å². The monoisotopic (exact) mass is 354 g/mol. The van der Waals surface area contributed by atoms with E-state index < -0.39 is 5.91 Å². The van der Waals surface area contributed by atoms with Crippen molar-refractivity contribution >= 4 is 28.3 Å². The van der Waals surface area contributed by atoms with Gasteiger partial charge in [-0.25, -0.2) is 9.97 Å². The van der Waals surface area contributed by atoms with Crippen LogP contribution >= 0.6 is 11.3 Å². The van der Waals surface area contributed by atoms with Crippen LogP contribution in [0.25, 0.3) is 0 Å².